The average Bonchev–Trinajstić information content (AvgIpc) is 3.08. The Kier molecular flexibility index (Phi) is 8.32. The first-order valence-corrected chi connectivity index (χ1v) is 11.7. The van der Waals surface area contributed by atoms with Gasteiger partial charge in [0.15, 0.2) is 0 Å². The number of amides is 3. The minimum atomic E-state index is -0.696. The van der Waals surface area contributed by atoms with Crippen molar-refractivity contribution in [1.29, 1.82) is 0 Å². The summed E-state index contributed by atoms with van der Waals surface area (Å²) < 4.78 is 0. The monoisotopic (exact) mass is 461 g/mol. The number of allylic oxidation sites excluding steroid dienone is 1. The lowest BCUT2D eigenvalue weighted by Gasteiger charge is -2.33. The van der Waals surface area contributed by atoms with E-state index in [4.69, 9.17) is 16.7 Å². The fourth-order valence-corrected chi connectivity index (χ4v) is 5.10. The number of nitrogens with one attached hydrogen (secondary N) is 2. The van der Waals surface area contributed by atoms with Gasteiger partial charge in [-0.2, -0.15) is 0 Å². The molecule has 0 aromatic heterocycles. The predicted molar refractivity (Wildman–Crippen MR) is 124 cm³/mol. The quantitative estimate of drug-likeness (QED) is 0.389. The normalized spacial score (nSPS) is 26.7. The van der Waals surface area contributed by atoms with Crippen molar-refractivity contribution in [3.63, 3.8) is 0 Å². The van der Waals surface area contributed by atoms with E-state index in [9.17, 15) is 14.4 Å². The highest BCUT2D eigenvalue weighted by molar-refractivity contribution is 6.30. The SMILES string of the molecule is CC[C@@H]1C=C[C@H]2[C@@H](C(=O)N(CCCCCO)[C@@H]2C(=O)Nc2ccc(Cl)cc2)[C@@H]1C(=O)NC. The maximum atomic E-state index is 13.6. The summed E-state index contributed by atoms with van der Waals surface area (Å²) in [6.07, 6.45) is 6.77. The Morgan fingerprint density at radius 3 is 2.44 bits per heavy atom. The van der Waals surface area contributed by atoms with Gasteiger partial charge in [-0.05, 0) is 55.9 Å². The Morgan fingerprint density at radius 1 is 1.09 bits per heavy atom. The van der Waals surface area contributed by atoms with Gasteiger partial charge in [0.05, 0.1) is 11.8 Å². The first kappa shape index (κ1) is 24.3. The molecule has 3 N–H and O–H groups in total. The van der Waals surface area contributed by atoms with Gasteiger partial charge < -0.3 is 20.6 Å². The number of benzene rings is 1. The van der Waals surface area contributed by atoms with Crippen LogP contribution < -0.4 is 10.6 Å². The molecular weight excluding hydrogens is 430 g/mol. The van der Waals surface area contributed by atoms with Gasteiger partial charge in [0, 0.05) is 36.8 Å². The third kappa shape index (κ3) is 4.99. The zero-order valence-electron chi connectivity index (χ0n) is 18.6. The summed E-state index contributed by atoms with van der Waals surface area (Å²) in [6.45, 7) is 2.51. The number of anilines is 1. The van der Waals surface area contributed by atoms with Crippen LogP contribution in [0.5, 0.6) is 0 Å². The summed E-state index contributed by atoms with van der Waals surface area (Å²) in [5.41, 5.74) is 0.601. The van der Waals surface area contributed by atoms with Crippen LogP contribution in [-0.2, 0) is 14.4 Å². The molecule has 3 rings (SSSR count). The number of hydrogen-bond acceptors (Lipinski definition) is 4. The molecule has 1 aliphatic heterocycles. The van der Waals surface area contributed by atoms with Crippen LogP contribution in [0.3, 0.4) is 0 Å². The van der Waals surface area contributed by atoms with Crippen molar-refractivity contribution < 1.29 is 19.5 Å². The van der Waals surface area contributed by atoms with E-state index >= 15 is 0 Å². The summed E-state index contributed by atoms with van der Waals surface area (Å²) in [7, 11) is 1.58. The third-order valence-corrected chi connectivity index (χ3v) is 6.82. The van der Waals surface area contributed by atoms with E-state index in [1.807, 2.05) is 19.1 Å². The van der Waals surface area contributed by atoms with Crippen molar-refractivity contribution >= 4 is 35.0 Å². The molecule has 5 atom stereocenters. The van der Waals surface area contributed by atoms with Gasteiger partial charge in [0.1, 0.15) is 6.04 Å². The van der Waals surface area contributed by atoms with Crippen LogP contribution in [0.2, 0.25) is 5.02 Å². The van der Waals surface area contributed by atoms with Crippen molar-refractivity contribution in [3.05, 3.63) is 41.4 Å². The molecule has 0 unspecified atom stereocenters. The van der Waals surface area contributed by atoms with E-state index in [-0.39, 0.29) is 36.2 Å². The van der Waals surface area contributed by atoms with Crippen LogP contribution in [-0.4, -0.2) is 54.0 Å². The summed E-state index contributed by atoms with van der Waals surface area (Å²) in [5, 5.41) is 15.3. The molecule has 0 saturated carbocycles. The minimum absolute atomic E-state index is 0.0468. The lowest BCUT2D eigenvalue weighted by atomic mass is 9.69. The summed E-state index contributed by atoms with van der Waals surface area (Å²) >= 11 is 5.95. The van der Waals surface area contributed by atoms with Crippen LogP contribution in [0.1, 0.15) is 32.6 Å². The zero-order valence-corrected chi connectivity index (χ0v) is 19.3. The molecule has 8 heteroatoms. The number of hydrogen-bond donors (Lipinski definition) is 3. The Bertz CT molecular complexity index is 857. The molecule has 0 spiro atoms. The molecule has 1 aliphatic carbocycles. The highest BCUT2D eigenvalue weighted by Gasteiger charge is 2.56. The average molecular weight is 462 g/mol. The number of likely N-dealkylation sites (tertiary alicyclic amines) is 1. The van der Waals surface area contributed by atoms with Crippen LogP contribution in [0.25, 0.3) is 0 Å². The van der Waals surface area contributed by atoms with E-state index < -0.39 is 17.9 Å². The Labute approximate surface area is 194 Å². The molecule has 1 fully saturated rings. The van der Waals surface area contributed by atoms with E-state index in [1.165, 1.54) is 0 Å². The lowest BCUT2D eigenvalue weighted by molar-refractivity contribution is -0.140. The van der Waals surface area contributed by atoms with Crippen molar-refractivity contribution in [3.8, 4) is 0 Å². The highest BCUT2D eigenvalue weighted by Crippen LogP contribution is 2.45. The number of nitrogens with zero attached hydrogens (tertiary/aromatic N) is 1. The molecule has 32 heavy (non-hydrogen) atoms. The number of aliphatic hydroxyl groups excluding tert-OH is 1. The minimum Gasteiger partial charge on any atom is -0.396 e. The molecule has 1 saturated heterocycles. The maximum Gasteiger partial charge on any atom is 0.247 e. The van der Waals surface area contributed by atoms with Gasteiger partial charge in [-0.25, -0.2) is 0 Å². The topological polar surface area (TPSA) is 98.7 Å². The first-order chi connectivity index (χ1) is 15.4. The summed E-state index contributed by atoms with van der Waals surface area (Å²) in [4.78, 5) is 41.4. The molecule has 2 aliphatic rings. The van der Waals surface area contributed by atoms with Crippen LogP contribution >= 0.6 is 11.6 Å². The van der Waals surface area contributed by atoms with Gasteiger partial charge >= 0.3 is 0 Å². The second kappa shape index (κ2) is 11.0. The Morgan fingerprint density at radius 2 is 1.81 bits per heavy atom. The molecular formula is C24H32ClN3O4. The first-order valence-electron chi connectivity index (χ1n) is 11.3. The second-order valence-corrected chi connectivity index (χ2v) is 8.89. The molecule has 174 valence electrons. The number of carbonyl (C=O) groups is 3. The molecule has 3 amide bonds. The van der Waals surface area contributed by atoms with Crippen molar-refractivity contribution in [2.24, 2.45) is 23.7 Å². The number of unbranched alkanes of at least 4 members (excludes halogenated alkanes) is 2. The van der Waals surface area contributed by atoms with Crippen LogP contribution in [0.4, 0.5) is 5.69 Å². The Balaban J connectivity index is 1.91. The molecule has 0 bridgehead atoms. The molecule has 1 heterocycles. The van der Waals surface area contributed by atoms with E-state index in [0.717, 1.165) is 12.8 Å². The fraction of sp³-hybridized carbons (Fsp3) is 0.542. The fourth-order valence-electron chi connectivity index (χ4n) is 4.97. The molecule has 1 aromatic carbocycles. The largest absolute Gasteiger partial charge is 0.396 e. The van der Waals surface area contributed by atoms with Crippen molar-refractivity contribution in [2.75, 3.05) is 25.5 Å². The van der Waals surface area contributed by atoms with E-state index in [1.54, 1.807) is 36.2 Å². The molecule has 1 aromatic rings. The third-order valence-electron chi connectivity index (χ3n) is 6.57. The number of rotatable bonds is 9. The smallest absolute Gasteiger partial charge is 0.247 e. The second-order valence-electron chi connectivity index (χ2n) is 8.46. The number of aliphatic hydroxyl groups is 1. The van der Waals surface area contributed by atoms with E-state index in [2.05, 4.69) is 10.6 Å². The number of fused-ring (bicyclic) bond motifs is 1. The van der Waals surface area contributed by atoms with Gasteiger partial charge in [-0.1, -0.05) is 30.7 Å². The molecule has 0 radical (unpaired) electrons. The number of carbonyl (C=O) groups excluding carboxylic acids is 3. The van der Waals surface area contributed by atoms with Gasteiger partial charge in [-0.15, -0.1) is 0 Å². The predicted octanol–water partition coefficient (Wildman–Crippen LogP) is 2.84. The van der Waals surface area contributed by atoms with Crippen molar-refractivity contribution in [1.82, 2.24) is 10.2 Å². The highest BCUT2D eigenvalue weighted by atomic mass is 35.5. The maximum absolute atomic E-state index is 13.6. The Hall–Kier alpha value is -2.38. The molecule has 7 nitrogen and oxygen atoms in total. The summed E-state index contributed by atoms with van der Waals surface area (Å²) in [5.74, 6) is -2.07. The van der Waals surface area contributed by atoms with Crippen LogP contribution in [0, 0.1) is 23.7 Å². The van der Waals surface area contributed by atoms with E-state index in [0.29, 0.717) is 30.1 Å². The standard InChI is InChI=1S/C24H32ClN3O4/c1-3-15-7-12-18-20(19(15)22(30)26-2)24(32)28(13-5-4-6-14-29)21(18)23(31)27-17-10-8-16(25)9-11-17/h7-12,15,18-21,29H,3-6,13-14H2,1-2H3,(H,26,30)(H,27,31)/t15-,18+,19-,20-,21+/m1/s1. The van der Waals surface area contributed by atoms with Gasteiger partial charge in [0.25, 0.3) is 0 Å². The lowest BCUT2D eigenvalue weighted by Crippen LogP contribution is -2.45. The summed E-state index contributed by atoms with van der Waals surface area (Å²) in [6, 6.07) is 6.13. The van der Waals surface area contributed by atoms with Crippen molar-refractivity contribution in [2.45, 2.75) is 38.6 Å². The number of halogens is 1. The van der Waals surface area contributed by atoms with Crippen LogP contribution in [0.15, 0.2) is 36.4 Å². The van der Waals surface area contributed by atoms with Gasteiger partial charge in [0.2, 0.25) is 17.7 Å². The van der Waals surface area contributed by atoms with Gasteiger partial charge in [-0.3, -0.25) is 14.4 Å². The zero-order chi connectivity index (χ0) is 23.3.